The van der Waals surface area contributed by atoms with Gasteiger partial charge in [0, 0.05) is 24.4 Å². The molecule has 2 aromatic rings. The molecule has 0 aliphatic carbocycles. The SMILES string of the molecule is CCOC(=O)c1[nH]c(C)c(C(=O)CN(CC2CCCO2)C(=O)c2ccco2)c1C. The zero-order chi connectivity index (χ0) is 21.0. The third-order valence-corrected chi connectivity index (χ3v) is 5.00. The maximum Gasteiger partial charge on any atom is 0.355 e. The molecular formula is C21H26N2O6. The summed E-state index contributed by atoms with van der Waals surface area (Å²) >= 11 is 0. The first-order valence-electron chi connectivity index (χ1n) is 9.76. The number of aryl methyl sites for hydroxylation is 1. The summed E-state index contributed by atoms with van der Waals surface area (Å²) in [5, 5.41) is 0. The van der Waals surface area contributed by atoms with Crippen LogP contribution in [0.15, 0.2) is 22.8 Å². The predicted octanol–water partition coefficient (Wildman–Crippen LogP) is 2.91. The number of ketones is 1. The highest BCUT2D eigenvalue weighted by Crippen LogP contribution is 2.21. The Morgan fingerprint density at radius 1 is 1.31 bits per heavy atom. The van der Waals surface area contributed by atoms with Crippen LogP contribution in [0.1, 0.15) is 62.4 Å². The van der Waals surface area contributed by atoms with Gasteiger partial charge in [0.05, 0.1) is 25.5 Å². The van der Waals surface area contributed by atoms with Gasteiger partial charge in [-0.1, -0.05) is 0 Å². The van der Waals surface area contributed by atoms with E-state index in [1.807, 2.05) is 0 Å². The molecule has 2 aromatic heterocycles. The fourth-order valence-electron chi connectivity index (χ4n) is 3.64. The minimum Gasteiger partial charge on any atom is -0.461 e. The first-order valence-corrected chi connectivity index (χ1v) is 9.76. The number of hydrogen-bond donors (Lipinski definition) is 1. The fourth-order valence-corrected chi connectivity index (χ4v) is 3.64. The van der Waals surface area contributed by atoms with E-state index >= 15 is 0 Å². The number of amides is 1. The fraction of sp³-hybridized carbons (Fsp3) is 0.476. The molecule has 0 spiro atoms. The van der Waals surface area contributed by atoms with Gasteiger partial charge in [0.15, 0.2) is 11.5 Å². The lowest BCUT2D eigenvalue weighted by Crippen LogP contribution is -2.40. The van der Waals surface area contributed by atoms with Crippen molar-refractivity contribution >= 4 is 17.7 Å². The Labute approximate surface area is 169 Å². The van der Waals surface area contributed by atoms with E-state index in [0.717, 1.165) is 12.8 Å². The van der Waals surface area contributed by atoms with Crippen LogP contribution >= 0.6 is 0 Å². The molecular weight excluding hydrogens is 376 g/mol. The molecule has 0 bridgehead atoms. The zero-order valence-electron chi connectivity index (χ0n) is 16.9. The molecule has 8 heteroatoms. The van der Waals surface area contributed by atoms with Gasteiger partial charge in [-0.3, -0.25) is 9.59 Å². The van der Waals surface area contributed by atoms with Crippen molar-refractivity contribution in [1.82, 2.24) is 9.88 Å². The summed E-state index contributed by atoms with van der Waals surface area (Å²) < 4.78 is 15.9. The summed E-state index contributed by atoms with van der Waals surface area (Å²) in [6.07, 6.45) is 3.09. The Balaban J connectivity index is 1.82. The van der Waals surface area contributed by atoms with Gasteiger partial charge in [0.25, 0.3) is 5.91 Å². The van der Waals surface area contributed by atoms with Crippen LogP contribution in [-0.2, 0) is 9.47 Å². The van der Waals surface area contributed by atoms with E-state index in [1.54, 1.807) is 32.9 Å². The number of nitrogens with zero attached hydrogens (tertiary/aromatic N) is 1. The molecule has 1 aliphatic rings. The van der Waals surface area contributed by atoms with Crippen molar-refractivity contribution in [1.29, 1.82) is 0 Å². The van der Waals surface area contributed by atoms with Crippen LogP contribution in [0.5, 0.6) is 0 Å². The van der Waals surface area contributed by atoms with E-state index in [9.17, 15) is 14.4 Å². The summed E-state index contributed by atoms with van der Waals surface area (Å²) in [5.41, 5.74) is 1.75. The van der Waals surface area contributed by atoms with Crippen molar-refractivity contribution in [3.8, 4) is 0 Å². The van der Waals surface area contributed by atoms with Crippen LogP contribution in [0.25, 0.3) is 0 Å². The number of carbonyl (C=O) groups is 3. The molecule has 1 amide bonds. The second-order valence-corrected chi connectivity index (χ2v) is 7.07. The third-order valence-electron chi connectivity index (χ3n) is 5.00. The molecule has 1 fully saturated rings. The maximum absolute atomic E-state index is 13.1. The van der Waals surface area contributed by atoms with Crippen LogP contribution in [0.3, 0.4) is 0 Å². The summed E-state index contributed by atoms with van der Waals surface area (Å²) in [6.45, 7) is 6.20. The first-order chi connectivity index (χ1) is 13.9. The van der Waals surface area contributed by atoms with E-state index in [4.69, 9.17) is 13.9 Å². The summed E-state index contributed by atoms with van der Waals surface area (Å²) in [4.78, 5) is 42.5. The Kier molecular flexibility index (Phi) is 6.53. The number of rotatable bonds is 8. The molecule has 156 valence electrons. The normalized spacial score (nSPS) is 16.0. The quantitative estimate of drug-likeness (QED) is 0.538. The van der Waals surface area contributed by atoms with Crippen LogP contribution in [0, 0.1) is 13.8 Å². The molecule has 0 aromatic carbocycles. The Bertz CT molecular complexity index is 877. The minimum atomic E-state index is -0.505. The number of furan rings is 1. The Morgan fingerprint density at radius 3 is 2.72 bits per heavy atom. The molecule has 8 nitrogen and oxygen atoms in total. The van der Waals surface area contributed by atoms with Gasteiger partial charge in [-0.2, -0.15) is 0 Å². The molecule has 1 saturated heterocycles. The number of esters is 1. The van der Waals surface area contributed by atoms with Crippen molar-refractivity contribution in [3.05, 3.63) is 46.7 Å². The van der Waals surface area contributed by atoms with Gasteiger partial charge in [-0.05, 0) is 51.3 Å². The number of hydrogen-bond acceptors (Lipinski definition) is 6. The Hall–Kier alpha value is -2.87. The molecule has 1 atom stereocenters. The smallest absolute Gasteiger partial charge is 0.355 e. The largest absolute Gasteiger partial charge is 0.461 e. The highest BCUT2D eigenvalue weighted by molar-refractivity contribution is 6.05. The second-order valence-electron chi connectivity index (χ2n) is 7.07. The number of Topliss-reactive ketones (excluding diaryl/α,β-unsaturated/α-hetero) is 1. The topological polar surface area (TPSA) is 102 Å². The van der Waals surface area contributed by atoms with Crippen molar-refractivity contribution in [3.63, 3.8) is 0 Å². The molecule has 1 aliphatic heterocycles. The van der Waals surface area contributed by atoms with E-state index in [1.165, 1.54) is 11.2 Å². The lowest BCUT2D eigenvalue weighted by molar-refractivity contribution is 0.0485. The van der Waals surface area contributed by atoms with Crippen LogP contribution in [0.2, 0.25) is 0 Å². The summed E-state index contributed by atoms with van der Waals surface area (Å²) in [7, 11) is 0. The average Bonchev–Trinajstić information content (AvgIpc) is 3.43. The van der Waals surface area contributed by atoms with Gasteiger partial charge in [-0.15, -0.1) is 0 Å². The first kappa shape index (κ1) is 20.9. The standard InChI is InChI=1S/C21H26N2O6/c1-4-27-21(26)19-13(2)18(14(3)22-19)16(24)12-23(11-15-7-5-9-28-15)20(25)17-8-6-10-29-17/h6,8,10,15,22H,4-5,7,9,11-12H2,1-3H3. The van der Waals surface area contributed by atoms with Gasteiger partial charge in [0.1, 0.15) is 5.69 Å². The number of H-pyrrole nitrogens is 1. The van der Waals surface area contributed by atoms with Crippen molar-refractivity contribution in [2.24, 2.45) is 0 Å². The van der Waals surface area contributed by atoms with Gasteiger partial charge in [-0.25, -0.2) is 4.79 Å². The molecule has 3 rings (SSSR count). The third kappa shape index (κ3) is 4.59. The lowest BCUT2D eigenvalue weighted by Gasteiger charge is -2.24. The number of carbonyl (C=O) groups excluding carboxylic acids is 3. The highest BCUT2D eigenvalue weighted by Gasteiger charge is 2.29. The van der Waals surface area contributed by atoms with Crippen LogP contribution in [-0.4, -0.2) is 60.0 Å². The van der Waals surface area contributed by atoms with E-state index in [2.05, 4.69) is 4.98 Å². The van der Waals surface area contributed by atoms with Crippen LogP contribution in [0.4, 0.5) is 0 Å². The number of aromatic amines is 1. The number of aromatic nitrogens is 1. The van der Waals surface area contributed by atoms with Gasteiger partial charge in [0.2, 0.25) is 0 Å². The highest BCUT2D eigenvalue weighted by atomic mass is 16.5. The number of ether oxygens (including phenoxy) is 2. The van der Waals surface area contributed by atoms with E-state index in [-0.39, 0.29) is 42.4 Å². The predicted molar refractivity (Wildman–Crippen MR) is 104 cm³/mol. The zero-order valence-corrected chi connectivity index (χ0v) is 16.9. The second kappa shape index (κ2) is 9.09. The van der Waals surface area contributed by atoms with E-state index < -0.39 is 5.97 Å². The number of nitrogens with one attached hydrogen (secondary N) is 1. The van der Waals surface area contributed by atoms with Crippen molar-refractivity contribution in [2.45, 2.75) is 39.7 Å². The molecule has 1 unspecified atom stereocenters. The van der Waals surface area contributed by atoms with Gasteiger partial charge < -0.3 is 23.8 Å². The Morgan fingerprint density at radius 2 is 2.10 bits per heavy atom. The molecule has 0 radical (unpaired) electrons. The van der Waals surface area contributed by atoms with Crippen molar-refractivity contribution < 1.29 is 28.3 Å². The van der Waals surface area contributed by atoms with Crippen molar-refractivity contribution in [2.75, 3.05) is 26.3 Å². The van der Waals surface area contributed by atoms with Crippen LogP contribution < -0.4 is 0 Å². The average molecular weight is 402 g/mol. The molecule has 29 heavy (non-hydrogen) atoms. The summed E-state index contributed by atoms with van der Waals surface area (Å²) in [5.74, 6) is -0.958. The van der Waals surface area contributed by atoms with E-state index in [0.29, 0.717) is 30.0 Å². The summed E-state index contributed by atoms with van der Waals surface area (Å²) in [6, 6.07) is 3.20. The molecule has 1 N–H and O–H groups in total. The monoisotopic (exact) mass is 402 g/mol. The van der Waals surface area contributed by atoms with Gasteiger partial charge >= 0.3 is 5.97 Å². The minimum absolute atomic E-state index is 0.106. The molecule has 3 heterocycles. The lowest BCUT2D eigenvalue weighted by atomic mass is 10.0. The maximum atomic E-state index is 13.1. The molecule has 0 saturated carbocycles.